The molecule has 19 heavy (non-hydrogen) atoms. The Morgan fingerprint density at radius 3 is 2.63 bits per heavy atom. The van der Waals surface area contributed by atoms with Crippen molar-refractivity contribution in [2.24, 2.45) is 0 Å². The molecule has 2 nitrogen and oxygen atoms in total. The van der Waals surface area contributed by atoms with Gasteiger partial charge in [0.2, 0.25) is 0 Å². The van der Waals surface area contributed by atoms with Crippen molar-refractivity contribution in [1.82, 2.24) is 9.97 Å². The second-order valence-electron chi connectivity index (χ2n) is 3.86. The smallest absolute Gasteiger partial charge is 0.103 e. The van der Waals surface area contributed by atoms with E-state index < -0.39 is 0 Å². The lowest BCUT2D eigenvalue weighted by atomic mass is 10.3. The van der Waals surface area contributed by atoms with E-state index in [0.29, 0.717) is 0 Å². The van der Waals surface area contributed by atoms with Crippen LogP contribution in [-0.4, -0.2) is 9.97 Å². The molecule has 2 aromatic heterocycles. The fraction of sp³-hybridized carbons (Fsp3) is 0. The lowest BCUT2D eigenvalue weighted by molar-refractivity contribution is 1.26. The zero-order chi connectivity index (χ0) is 13.2. The third-order valence-corrected chi connectivity index (χ3v) is 5.08. The molecule has 3 aromatic rings. The summed E-state index contributed by atoms with van der Waals surface area (Å²) >= 11 is 8.67. The first kappa shape index (κ1) is 13.1. The number of rotatable bonds is 2. The normalized spacial score (nSPS) is 10.8. The lowest BCUT2D eigenvalue weighted by Crippen LogP contribution is -1.86. The van der Waals surface area contributed by atoms with E-state index in [1.165, 1.54) is 4.90 Å². The van der Waals surface area contributed by atoms with Crippen LogP contribution in [0.1, 0.15) is 0 Å². The van der Waals surface area contributed by atoms with Gasteiger partial charge >= 0.3 is 0 Å². The Kier molecular flexibility index (Phi) is 3.86. The number of hydrogen-bond acceptors (Lipinski definition) is 3. The van der Waals surface area contributed by atoms with Gasteiger partial charge in [-0.2, -0.15) is 0 Å². The predicted octanol–water partition coefficient (Wildman–Crippen LogP) is 5.31. The number of nitrogens with zero attached hydrogens (tertiary/aromatic N) is 2. The SMILES string of the molecule is Brc1cnc2c(Sc3ccccc3Br)ccnc2c1. The Labute approximate surface area is 131 Å². The van der Waals surface area contributed by atoms with E-state index >= 15 is 0 Å². The van der Waals surface area contributed by atoms with E-state index in [1.807, 2.05) is 36.5 Å². The van der Waals surface area contributed by atoms with Gasteiger partial charge in [0.25, 0.3) is 0 Å². The first-order valence-electron chi connectivity index (χ1n) is 5.57. The van der Waals surface area contributed by atoms with Crippen molar-refractivity contribution in [3.63, 3.8) is 0 Å². The van der Waals surface area contributed by atoms with Crippen LogP contribution in [0.4, 0.5) is 0 Å². The number of benzene rings is 1. The van der Waals surface area contributed by atoms with Gasteiger partial charge in [-0.1, -0.05) is 23.9 Å². The molecule has 0 spiro atoms. The highest BCUT2D eigenvalue weighted by Gasteiger charge is 2.07. The van der Waals surface area contributed by atoms with Crippen molar-refractivity contribution in [1.29, 1.82) is 0 Å². The molecule has 0 aliphatic heterocycles. The minimum atomic E-state index is 0.895. The van der Waals surface area contributed by atoms with Crippen LogP contribution in [0.15, 0.2) is 67.5 Å². The lowest BCUT2D eigenvalue weighted by Gasteiger charge is -2.06. The molecule has 0 N–H and O–H groups in total. The Bertz CT molecular complexity index is 746. The fourth-order valence-electron chi connectivity index (χ4n) is 1.71. The summed E-state index contributed by atoms with van der Waals surface area (Å²) in [5.41, 5.74) is 1.82. The van der Waals surface area contributed by atoms with E-state index in [9.17, 15) is 0 Å². The summed E-state index contributed by atoms with van der Waals surface area (Å²) < 4.78 is 2.03. The molecule has 5 heteroatoms. The summed E-state index contributed by atoms with van der Waals surface area (Å²) in [4.78, 5) is 11.1. The molecule has 3 rings (SSSR count). The Hall–Kier alpha value is -0.910. The molecule has 1 aromatic carbocycles. The number of pyridine rings is 2. The van der Waals surface area contributed by atoms with Crippen LogP contribution in [0.25, 0.3) is 11.0 Å². The van der Waals surface area contributed by atoms with Crippen molar-refractivity contribution in [3.05, 3.63) is 57.7 Å². The summed E-state index contributed by atoms with van der Waals surface area (Å²) in [5.74, 6) is 0. The summed E-state index contributed by atoms with van der Waals surface area (Å²) in [6.45, 7) is 0. The Morgan fingerprint density at radius 2 is 1.79 bits per heavy atom. The van der Waals surface area contributed by atoms with Gasteiger partial charge in [0.1, 0.15) is 5.52 Å². The van der Waals surface area contributed by atoms with E-state index in [0.717, 1.165) is 24.9 Å². The Morgan fingerprint density at radius 1 is 0.947 bits per heavy atom. The third-order valence-electron chi connectivity index (χ3n) is 2.56. The highest BCUT2D eigenvalue weighted by Crippen LogP contribution is 2.36. The number of aromatic nitrogens is 2. The third kappa shape index (κ3) is 2.83. The summed E-state index contributed by atoms with van der Waals surface area (Å²) in [6.07, 6.45) is 3.61. The molecule has 0 amide bonds. The van der Waals surface area contributed by atoms with Crippen molar-refractivity contribution < 1.29 is 0 Å². The summed E-state index contributed by atoms with van der Waals surface area (Å²) in [5, 5.41) is 0. The highest BCUT2D eigenvalue weighted by atomic mass is 79.9. The van der Waals surface area contributed by atoms with E-state index in [-0.39, 0.29) is 0 Å². The average Bonchev–Trinajstić information content (AvgIpc) is 2.41. The minimum Gasteiger partial charge on any atom is -0.254 e. The highest BCUT2D eigenvalue weighted by molar-refractivity contribution is 9.10. The van der Waals surface area contributed by atoms with Crippen LogP contribution in [0, 0.1) is 0 Å². The van der Waals surface area contributed by atoms with Gasteiger partial charge < -0.3 is 0 Å². The van der Waals surface area contributed by atoms with Gasteiger partial charge in [-0.25, -0.2) is 0 Å². The predicted molar refractivity (Wildman–Crippen MR) is 85.5 cm³/mol. The molecule has 0 fully saturated rings. The van der Waals surface area contributed by atoms with Crippen molar-refractivity contribution in [2.45, 2.75) is 9.79 Å². The topological polar surface area (TPSA) is 25.8 Å². The molecular weight excluding hydrogens is 388 g/mol. The molecule has 94 valence electrons. The molecule has 0 aliphatic carbocycles. The quantitative estimate of drug-likeness (QED) is 0.588. The van der Waals surface area contributed by atoms with Crippen LogP contribution in [-0.2, 0) is 0 Å². The van der Waals surface area contributed by atoms with Crippen molar-refractivity contribution >= 4 is 54.7 Å². The number of fused-ring (bicyclic) bond motifs is 1. The Balaban J connectivity index is 2.09. The van der Waals surface area contributed by atoms with Gasteiger partial charge in [-0.05, 0) is 56.1 Å². The molecule has 0 bridgehead atoms. The molecule has 2 heterocycles. The van der Waals surface area contributed by atoms with Crippen LogP contribution >= 0.6 is 43.6 Å². The maximum absolute atomic E-state index is 4.46. The maximum atomic E-state index is 4.46. The molecule has 0 unspecified atom stereocenters. The summed E-state index contributed by atoms with van der Waals surface area (Å²) in [7, 11) is 0. The van der Waals surface area contributed by atoms with Crippen LogP contribution < -0.4 is 0 Å². The van der Waals surface area contributed by atoms with Gasteiger partial charge in [-0.15, -0.1) is 0 Å². The largest absolute Gasteiger partial charge is 0.254 e. The van der Waals surface area contributed by atoms with E-state index in [2.05, 4.69) is 47.9 Å². The fourth-order valence-corrected chi connectivity index (χ4v) is 3.49. The monoisotopic (exact) mass is 394 g/mol. The van der Waals surface area contributed by atoms with Gasteiger partial charge in [0.15, 0.2) is 0 Å². The standard InChI is InChI=1S/C14H8Br2N2S/c15-9-7-11-14(18-8-9)13(5-6-17-11)19-12-4-2-1-3-10(12)16/h1-8H. The van der Waals surface area contributed by atoms with Crippen LogP contribution in [0.5, 0.6) is 0 Å². The van der Waals surface area contributed by atoms with Crippen molar-refractivity contribution in [2.75, 3.05) is 0 Å². The first-order chi connectivity index (χ1) is 9.24. The molecule has 0 atom stereocenters. The maximum Gasteiger partial charge on any atom is 0.103 e. The first-order valence-corrected chi connectivity index (χ1v) is 7.97. The van der Waals surface area contributed by atoms with Crippen LogP contribution in [0.3, 0.4) is 0 Å². The molecule has 0 radical (unpaired) electrons. The minimum absolute atomic E-state index is 0.895. The van der Waals surface area contributed by atoms with Gasteiger partial charge in [0.05, 0.1) is 5.52 Å². The molecular formula is C14H8Br2N2S. The molecule has 0 aliphatic rings. The zero-order valence-electron chi connectivity index (χ0n) is 9.68. The second kappa shape index (κ2) is 5.61. The van der Waals surface area contributed by atoms with E-state index in [4.69, 9.17) is 0 Å². The van der Waals surface area contributed by atoms with Gasteiger partial charge in [0, 0.05) is 31.1 Å². The second-order valence-corrected chi connectivity index (χ2v) is 6.72. The van der Waals surface area contributed by atoms with Gasteiger partial charge in [-0.3, -0.25) is 9.97 Å². The van der Waals surface area contributed by atoms with Crippen molar-refractivity contribution in [3.8, 4) is 0 Å². The van der Waals surface area contributed by atoms with Crippen LogP contribution in [0.2, 0.25) is 0 Å². The molecule has 0 saturated heterocycles. The average molecular weight is 396 g/mol. The number of halogens is 2. The molecule has 0 saturated carbocycles. The zero-order valence-corrected chi connectivity index (χ0v) is 13.7. The summed E-state index contributed by atoms with van der Waals surface area (Å²) in [6, 6.07) is 12.1. The van der Waals surface area contributed by atoms with E-state index in [1.54, 1.807) is 18.0 Å². The number of hydrogen-bond donors (Lipinski definition) is 0.